The first-order valence-corrected chi connectivity index (χ1v) is 7.24. The van der Waals surface area contributed by atoms with Gasteiger partial charge >= 0.3 is 0 Å². The van der Waals surface area contributed by atoms with Crippen LogP contribution in [0.25, 0.3) is 0 Å². The maximum atomic E-state index is 6.37. The van der Waals surface area contributed by atoms with E-state index in [4.69, 9.17) is 27.9 Å². The minimum atomic E-state index is -0.0799. The SMILES string of the molecule is CC1CCC(C(Cl)c2cc(Cl)c(Br)s2)O1. The van der Waals surface area contributed by atoms with E-state index in [-0.39, 0.29) is 11.5 Å². The standard InChI is InChI=1S/C10H11BrCl2OS/c1-5-2-3-7(14-5)9(13)8-4-6(12)10(11)15-8/h4-5,7,9H,2-3H2,1H3. The molecule has 1 fully saturated rings. The van der Waals surface area contributed by atoms with Gasteiger partial charge in [0, 0.05) is 4.88 Å². The number of hydrogen-bond donors (Lipinski definition) is 0. The Morgan fingerprint density at radius 2 is 2.33 bits per heavy atom. The summed E-state index contributed by atoms with van der Waals surface area (Å²) in [6.45, 7) is 2.08. The molecule has 0 N–H and O–H groups in total. The van der Waals surface area contributed by atoms with Crippen LogP contribution >= 0.6 is 50.5 Å². The second-order valence-electron chi connectivity index (χ2n) is 3.73. The molecule has 2 rings (SSSR count). The molecular formula is C10H11BrCl2OS. The Morgan fingerprint density at radius 1 is 1.60 bits per heavy atom. The second-order valence-corrected chi connectivity index (χ2v) is 7.01. The fraction of sp³-hybridized carbons (Fsp3) is 0.600. The lowest BCUT2D eigenvalue weighted by atomic mass is 10.1. The molecule has 1 aromatic rings. The van der Waals surface area contributed by atoms with Crippen LogP contribution in [0.1, 0.15) is 30.0 Å². The third-order valence-corrected chi connectivity index (χ3v) is 5.73. The van der Waals surface area contributed by atoms with E-state index in [0.29, 0.717) is 6.10 Å². The van der Waals surface area contributed by atoms with Gasteiger partial charge in [0.05, 0.1) is 26.4 Å². The molecule has 15 heavy (non-hydrogen) atoms. The summed E-state index contributed by atoms with van der Waals surface area (Å²) in [5, 5.41) is 0.649. The highest BCUT2D eigenvalue weighted by atomic mass is 79.9. The summed E-state index contributed by atoms with van der Waals surface area (Å²) >= 11 is 17.3. The van der Waals surface area contributed by atoms with Crippen LogP contribution in [0.4, 0.5) is 0 Å². The van der Waals surface area contributed by atoms with Crippen LogP contribution in [0.15, 0.2) is 9.85 Å². The highest BCUT2D eigenvalue weighted by Crippen LogP contribution is 2.42. The first-order valence-electron chi connectivity index (χ1n) is 4.82. The molecule has 0 saturated carbocycles. The van der Waals surface area contributed by atoms with E-state index in [1.807, 2.05) is 6.07 Å². The zero-order valence-corrected chi connectivity index (χ0v) is 12.1. The van der Waals surface area contributed by atoms with Gasteiger partial charge in [0.15, 0.2) is 0 Å². The van der Waals surface area contributed by atoms with Crippen molar-refractivity contribution < 1.29 is 4.74 Å². The van der Waals surface area contributed by atoms with Gasteiger partial charge in [0.2, 0.25) is 0 Å². The zero-order valence-electron chi connectivity index (χ0n) is 8.17. The molecular weight excluding hydrogens is 319 g/mol. The van der Waals surface area contributed by atoms with Crippen molar-refractivity contribution in [2.24, 2.45) is 0 Å². The Labute approximate surface area is 112 Å². The fourth-order valence-electron chi connectivity index (χ4n) is 1.73. The van der Waals surface area contributed by atoms with E-state index >= 15 is 0 Å². The van der Waals surface area contributed by atoms with E-state index in [9.17, 15) is 0 Å². The molecule has 3 unspecified atom stereocenters. The molecule has 1 aliphatic rings. The average Bonchev–Trinajstić information content (AvgIpc) is 2.74. The van der Waals surface area contributed by atoms with Crippen LogP contribution < -0.4 is 0 Å². The maximum Gasteiger partial charge on any atom is 0.0940 e. The summed E-state index contributed by atoms with van der Waals surface area (Å²) in [7, 11) is 0. The average molecular weight is 330 g/mol. The predicted octanol–water partition coefficient (Wildman–Crippen LogP) is 5.01. The summed E-state index contributed by atoms with van der Waals surface area (Å²) in [4.78, 5) is 1.08. The van der Waals surface area contributed by atoms with Gasteiger partial charge in [-0.05, 0) is 41.8 Å². The van der Waals surface area contributed by atoms with Crippen molar-refractivity contribution in [2.45, 2.75) is 37.4 Å². The molecule has 84 valence electrons. The highest BCUT2D eigenvalue weighted by molar-refractivity contribution is 9.11. The molecule has 2 heterocycles. The molecule has 0 aliphatic carbocycles. The molecule has 0 amide bonds. The van der Waals surface area contributed by atoms with Crippen LogP contribution in [0.3, 0.4) is 0 Å². The zero-order chi connectivity index (χ0) is 11.0. The minimum absolute atomic E-state index is 0.0799. The summed E-state index contributed by atoms with van der Waals surface area (Å²) in [5.74, 6) is 0. The monoisotopic (exact) mass is 328 g/mol. The number of halogens is 3. The van der Waals surface area contributed by atoms with Gasteiger partial charge in [-0.15, -0.1) is 22.9 Å². The fourth-order valence-corrected chi connectivity index (χ4v) is 3.89. The third-order valence-electron chi connectivity index (χ3n) is 2.53. The molecule has 0 aromatic carbocycles. The van der Waals surface area contributed by atoms with Crippen LogP contribution in [0.5, 0.6) is 0 Å². The molecule has 0 spiro atoms. The predicted molar refractivity (Wildman–Crippen MR) is 69.2 cm³/mol. The summed E-state index contributed by atoms with van der Waals surface area (Å²) in [6.07, 6.45) is 2.58. The lowest BCUT2D eigenvalue weighted by Gasteiger charge is -2.15. The second kappa shape index (κ2) is 4.92. The lowest BCUT2D eigenvalue weighted by Crippen LogP contribution is -2.13. The van der Waals surface area contributed by atoms with E-state index in [2.05, 4.69) is 22.9 Å². The molecule has 5 heteroatoms. The Bertz CT molecular complexity index is 336. The number of rotatable bonds is 2. The van der Waals surface area contributed by atoms with E-state index in [0.717, 1.165) is 26.5 Å². The van der Waals surface area contributed by atoms with Crippen molar-refractivity contribution in [1.29, 1.82) is 0 Å². The van der Waals surface area contributed by atoms with Crippen LogP contribution in [0.2, 0.25) is 5.02 Å². The van der Waals surface area contributed by atoms with Gasteiger partial charge in [-0.3, -0.25) is 0 Å². The van der Waals surface area contributed by atoms with Gasteiger partial charge in [0.25, 0.3) is 0 Å². The van der Waals surface area contributed by atoms with Crippen LogP contribution in [-0.4, -0.2) is 12.2 Å². The van der Waals surface area contributed by atoms with E-state index < -0.39 is 0 Å². The summed E-state index contributed by atoms with van der Waals surface area (Å²) in [6, 6.07) is 1.92. The molecule has 0 radical (unpaired) electrons. The summed E-state index contributed by atoms with van der Waals surface area (Å²) in [5.41, 5.74) is 0. The van der Waals surface area contributed by atoms with Crippen molar-refractivity contribution in [3.63, 3.8) is 0 Å². The topological polar surface area (TPSA) is 9.23 Å². The Balaban J connectivity index is 2.10. The smallest absolute Gasteiger partial charge is 0.0940 e. The number of alkyl halides is 1. The van der Waals surface area contributed by atoms with Gasteiger partial charge < -0.3 is 4.74 Å². The molecule has 1 aliphatic heterocycles. The largest absolute Gasteiger partial charge is 0.373 e. The van der Waals surface area contributed by atoms with Gasteiger partial charge in [-0.2, -0.15) is 0 Å². The number of ether oxygens (including phenoxy) is 1. The molecule has 1 saturated heterocycles. The summed E-state index contributed by atoms with van der Waals surface area (Å²) < 4.78 is 6.68. The van der Waals surface area contributed by atoms with Crippen LogP contribution in [0, 0.1) is 0 Å². The van der Waals surface area contributed by atoms with Crippen molar-refractivity contribution in [1.82, 2.24) is 0 Å². The molecule has 3 atom stereocenters. The first kappa shape index (κ1) is 12.2. The maximum absolute atomic E-state index is 6.37. The van der Waals surface area contributed by atoms with Gasteiger partial charge in [-0.25, -0.2) is 0 Å². The van der Waals surface area contributed by atoms with Crippen molar-refractivity contribution in [3.8, 4) is 0 Å². The van der Waals surface area contributed by atoms with E-state index in [1.54, 1.807) is 11.3 Å². The number of thiophene rings is 1. The van der Waals surface area contributed by atoms with Crippen molar-refractivity contribution in [3.05, 3.63) is 19.8 Å². The molecule has 0 bridgehead atoms. The third kappa shape index (κ3) is 2.70. The Hall–Kier alpha value is 0.720. The van der Waals surface area contributed by atoms with Crippen molar-refractivity contribution >= 4 is 50.5 Å². The van der Waals surface area contributed by atoms with Crippen molar-refractivity contribution in [2.75, 3.05) is 0 Å². The first-order chi connectivity index (χ1) is 7.08. The Morgan fingerprint density at radius 3 is 2.80 bits per heavy atom. The molecule has 1 aromatic heterocycles. The quantitative estimate of drug-likeness (QED) is 0.693. The number of hydrogen-bond acceptors (Lipinski definition) is 2. The lowest BCUT2D eigenvalue weighted by molar-refractivity contribution is 0.0538. The highest BCUT2D eigenvalue weighted by Gasteiger charge is 2.30. The Kier molecular flexibility index (Phi) is 4.00. The molecule has 1 nitrogen and oxygen atoms in total. The van der Waals surface area contributed by atoms with E-state index in [1.165, 1.54) is 0 Å². The minimum Gasteiger partial charge on any atom is -0.373 e. The van der Waals surface area contributed by atoms with Gasteiger partial charge in [-0.1, -0.05) is 11.6 Å². The van der Waals surface area contributed by atoms with Gasteiger partial charge in [0.1, 0.15) is 0 Å². The van der Waals surface area contributed by atoms with Crippen LogP contribution in [-0.2, 0) is 4.74 Å². The normalized spacial score (nSPS) is 28.3.